The zero-order valence-corrected chi connectivity index (χ0v) is 12.8. The second-order valence-electron chi connectivity index (χ2n) is 5.98. The summed E-state index contributed by atoms with van der Waals surface area (Å²) in [6, 6.07) is 5.03. The maximum absolute atomic E-state index is 12.7. The number of benzene rings is 1. The lowest BCUT2D eigenvalue weighted by Gasteiger charge is -2.39. The van der Waals surface area contributed by atoms with Crippen LogP contribution in [0.1, 0.15) is 29.6 Å². The lowest BCUT2D eigenvalue weighted by atomic mass is 9.77. The van der Waals surface area contributed by atoms with Gasteiger partial charge in [-0.1, -0.05) is 6.08 Å². The number of rotatable bonds is 4. The average molecular weight is 317 g/mol. The molecule has 2 aliphatic heterocycles. The third kappa shape index (κ3) is 2.76. The Kier molecular flexibility index (Phi) is 3.98. The van der Waals surface area contributed by atoms with Crippen LogP contribution < -0.4 is 9.47 Å². The fraction of sp³-hybridized carbons (Fsp3) is 0.412. The fourth-order valence-electron chi connectivity index (χ4n) is 3.22. The zero-order chi connectivity index (χ0) is 16.4. The van der Waals surface area contributed by atoms with Crippen LogP contribution in [0.25, 0.3) is 0 Å². The number of allylic oxidation sites excluding steroid dienone is 1. The molecule has 0 bridgehead atoms. The van der Waals surface area contributed by atoms with Crippen molar-refractivity contribution in [3.05, 3.63) is 36.4 Å². The molecule has 2 heterocycles. The maximum atomic E-state index is 12.7. The summed E-state index contributed by atoms with van der Waals surface area (Å²) >= 11 is 0. The summed E-state index contributed by atoms with van der Waals surface area (Å²) in [5.74, 6) is 0.105. The normalized spacial score (nSPS) is 22.7. The minimum Gasteiger partial charge on any atom is -0.481 e. The smallest absolute Gasteiger partial charge is 0.311 e. The van der Waals surface area contributed by atoms with E-state index in [0.29, 0.717) is 42.9 Å². The van der Waals surface area contributed by atoms with Crippen molar-refractivity contribution in [2.45, 2.75) is 19.3 Å². The van der Waals surface area contributed by atoms with Crippen LogP contribution in [0.15, 0.2) is 30.9 Å². The summed E-state index contributed by atoms with van der Waals surface area (Å²) in [6.45, 7) is 4.55. The van der Waals surface area contributed by atoms with Crippen LogP contribution in [0, 0.1) is 5.41 Å². The number of ether oxygens (including phenoxy) is 2. The summed E-state index contributed by atoms with van der Waals surface area (Å²) in [7, 11) is 0. The van der Waals surface area contributed by atoms with Gasteiger partial charge in [-0.25, -0.2) is 0 Å². The minimum absolute atomic E-state index is 0.151. The Hall–Kier alpha value is -2.50. The average Bonchev–Trinajstić information content (AvgIpc) is 3.02. The van der Waals surface area contributed by atoms with Crippen LogP contribution in [0.5, 0.6) is 11.5 Å². The standard InChI is InChI=1S/C17H19NO5/c1-2-6-17(16(20)21)7-3-8-18(10-17)15(19)12-4-5-13-14(9-12)23-11-22-13/h2,4-5,9H,1,3,6-8,10-11H2,(H,20,21)/t17-/m1/s1. The monoisotopic (exact) mass is 317 g/mol. The van der Waals surface area contributed by atoms with E-state index < -0.39 is 11.4 Å². The third-order valence-corrected chi connectivity index (χ3v) is 4.47. The number of amides is 1. The first-order chi connectivity index (χ1) is 11.1. The van der Waals surface area contributed by atoms with Gasteiger partial charge in [-0.05, 0) is 37.5 Å². The van der Waals surface area contributed by atoms with E-state index >= 15 is 0 Å². The maximum Gasteiger partial charge on any atom is 0.311 e. The molecule has 1 aromatic carbocycles. The topological polar surface area (TPSA) is 76.1 Å². The molecule has 3 rings (SSSR count). The summed E-state index contributed by atoms with van der Waals surface area (Å²) < 4.78 is 10.5. The van der Waals surface area contributed by atoms with Crippen molar-refractivity contribution in [1.29, 1.82) is 0 Å². The van der Waals surface area contributed by atoms with Crippen LogP contribution >= 0.6 is 0 Å². The first kappa shape index (κ1) is 15.4. The lowest BCUT2D eigenvalue weighted by Crippen LogP contribution is -2.49. The molecule has 122 valence electrons. The summed E-state index contributed by atoms with van der Waals surface area (Å²) in [5, 5.41) is 9.59. The first-order valence-corrected chi connectivity index (χ1v) is 7.59. The van der Waals surface area contributed by atoms with E-state index in [1.165, 1.54) is 0 Å². The number of piperidine rings is 1. The highest BCUT2D eigenvalue weighted by molar-refractivity contribution is 5.95. The van der Waals surface area contributed by atoms with Gasteiger partial charge in [0.15, 0.2) is 11.5 Å². The van der Waals surface area contributed by atoms with Gasteiger partial charge >= 0.3 is 5.97 Å². The molecule has 1 aromatic rings. The number of aliphatic carboxylic acids is 1. The third-order valence-electron chi connectivity index (χ3n) is 4.47. The van der Waals surface area contributed by atoms with E-state index in [2.05, 4.69) is 6.58 Å². The summed E-state index contributed by atoms with van der Waals surface area (Å²) in [6.07, 6.45) is 3.19. The Balaban J connectivity index is 1.82. The van der Waals surface area contributed by atoms with Gasteiger partial charge in [0.1, 0.15) is 0 Å². The van der Waals surface area contributed by atoms with E-state index in [9.17, 15) is 14.7 Å². The Morgan fingerprint density at radius 2 is 2.13 bits per heavy atom. The Labute approximate surface area is 134 Å². The molecule has 1 amide bonds. The van der Waals surface area contributed by atoms with Gasteiger partial charge in [-0.3, -0.25) is 9.59 Å². The molecule has 1 N–H and O–H groups in total. The number of likely N-dealkylation sites (tertiary alicyclic amines) is 1. The largest absolute Gasteiger partial charge is 0.481 e. The van der Waals surface area contributed by atoms with Crippen molar-refractivity contribution < 1.29 is 24.2 Å². The van der Waals surface area contributed by atoms with Gasteiger partial charge in [0.25, 0.3) is 5.91 Å². The number of carbonyl (C=O) groups is 2. The van der Waals surface area contributed by atoms with E-state index in [-0.39, 0.29) is 19.2 Å². The molecule has 0 aromatic heterocycles. The lowest BCUT2D eigenvalue weighted by molar-refractivity contribution is -0.151. The molecule has 0 spiro atoms. The van der Waals surface area contributed by atoms with E-state index in [1.54, 1.807) is 29.2 Å². The van der Waals surface area contributed by atoms with Crippen LogP contribution in [-0.4, -0.2) is 41.8 Å². The highest BCUT2D eigenvalue weighted by Gasteiger charge is 2.42. The Morgan fingerprint density at radius 1 is 1.35 bits per heavy atom. The zero-order valence-electron chi connectivity index (χ0n) is 12.8. The number of hydrogen-bond donors (Lipinski definition) is 1. The Bertz CT molecular complexity index is 656. The number of carboxylic acid groups (broad SMARTS) is 1. The molecule has 0 radical (unpaired) electrons. The highest BCUT2D eigenvalue weighted by atomic mass is 16.7. The molecule has 6 nitrogen and oxygen atoms in total. The fourth-order valence-corrected chi connectivity index (χ4v) is 3.22. The van der Waals surface area contributed by atoms with E-state index in [0.717, 1.165) is 0 Å². The van der Waals surface area contributed by atoms with Gasteiger partial charge in [-0.2, -0.15) is 0 Å². The molecule has 1 atom stereocenters. The quantitative estimate of drug-likeness (QED) is 0.862. The van der Waals surface area contributed by atoms with Gasteiger partial charge in [0.2, 0.25) is 6.79 Å². The van der Waals surface area contributed by atoms with E-state index in [1.807, 2.05) is 0 Å². The van der Waals surface area contributed by atoms with Crippen molar-refractivity contribution in [2.24, 2.45) is 5.41 Å². The van der Waals surface area contributed by atoms with Crippen molar-refractivity contribution in [3.8, 4) is 11.5 Å². The van der Waals surface area contributed by atoms with Crippen LogP contribution in [0.2, 0.25) is 0 Å². The predicted octanol–water partition coefficient (Wildman–Crippen LogP) is 2.30. The molecule has 1 fully saturated rings. The number of fused-ring (bicyclic) bond motifs is 1. The van der Waals surface area contributed by atoms with Crippen LogP contribution in [0.4, 0.5) is 0 Å². The van der Waals surface area contributed by atoms with Crippen molar-refractivity contribution in [2.75, 3.05) is 19.9 Å². The summed E-state index contributed by atoms with van der Waals surface area (Å²) in [5.41, 5.74) is -0.458. The van der Waals surface area contributed by atoms with Crippen molar-refractivity contribution in [1.82, 2.24) is 4.90 Å². The molecule has 1 saturated heterocycles. The molecule has 0 saturated carbocycles. The molecular weight excluding hydrogens is 298 g/mol. The van der Waals surface area contributed by atoms with Crippen LogP contribution in [-0.2, 0) is 4.79 Å². The van der Waals surface area contributed by atoms with Crippen molar-refractivity contribution in [3.63, 3.8) is 0 Å². The minimum atomic E-state index is -0.938. The number of carbonyl (C=O) groups excluding carboxylic acids is 1. The van der Waals surface area contributed by atoms with Gasteiger partial charge in [0, 0.05) is 18.7 Å². The SMILES string of the molecule is C=CC[C@@]1(C(=O)O)CCCN(C(=O)c2ccc3c(c2)OCO3)C1. The van der Waals surface area contributed by atoms with Crippen molar-refractivity contribution >= 4 is 11.9 Å². The second kappa shape index (κ2) is 5.95. The number of hydrogen-bond acceptors (Lipinski definition) is 4. The van der Waals surface area contributed by atoms with E-state index in [4.69, 9.17) is 9.47 Å². The second-order valence-corrected chi connectivity index (χ2v) is 5.98. The molecule has 0 aliphatic carbocycles. The number of carboxylic acids is 1. The Morgan fingerprint density at radius 3 is 2.87 bits per heavy atom. The number of nitrogens with zero attached hydrogens (tertiary/aromatic N) is 1. The molecule has 0 unspecified atom stereocenters. The van der Waals surface area contributed by atoms with Gasteiger partial charge in [0.05, 0.1) is 5.41 Å². The first-order valence-electron chi connectivity index (χ1n) is 7.59. The van der Waals surface area contributed by atoms with Gasteiger partial charge < -0.3 is 19.5 Å². The van der Waals surface area contributed by atoms with Crippen LogP contribution in [0.3, 0.4) is 0 Å². The highest BCUT2D eigenvalue weighted by Crippen LogP contribution is 2.36. The van der Waals surface area contributed by atoms with Gasteiger partial charge in [-0.15, -0.1) is 6.58 Å². The summed E-state index contributed by atoms with van der Waals surface area (Å²) in [4.78, 5) is 26.0. The molecule has 6 heteroatoms. The molecular formula is C17H19NO5. The predicted molar refractivity (Wildman–Crippen MR) is 82.6 cm³/mol. The molecule has 2 aliphatic rings. The molecule has 23 heavy (non-hydrogen) atoms.